The van der Waals surface area contributed by atoms with E-state index in [4.69, 9.17) is 5.26 Å². The third kappa shape index (κ3) is 3.14. The van der Waals surface area contributed by atoms with Crippen LogP contribution in [0.1, 0.15) is 18.9 Å². The third-order valence-electron chi connectivity index (χ3n) is 2.70. The lowest BCUT2D eigenvalue weighted by molar-refractivity contribution is 0.668. The number of rotatable bonds is 5. The Balaban J connectivity index is 2.79. The maximum absolute atomic E-state index is 9.02. The number of hydrogen-bond acceptors (Lipinski definition) is 4. The van der Waals surface area contributed by atoms with Crippen LogP contribution < -0.4 is 4.90 Å². The molecule has 1 heterocycles. The van der Waals surface area contributed by atoms with Crippen LogP contribution in [0.25, 0.3) is 0 Å². The molecule has 0 amide bonds. The van der Waals surface area contributed by atoms with Crippen LogP contribution in [0.5, 0.6) is 0 Å². The summed E-state index contributed by atoms with van der Waals surface area (Å²) in [6.45, 7) is 2.17. The maximum Gasteiger partial charge on any atom is 0.101 e. The number of aromatic nitrogens is 1. The van der Waals surface area contributed by atoms with Crippen molar-refractivity contribution in [3.8, 4) is 6.07 Å². The van der Waals surface area contributed by atoms with Gasteiger partial charge in [0.05, 0.1) is 17.4 Å². The van der Waals surface area contributed by atoms with Crippen LogP contribution >= 0.6 is 11.8 Å². The van der Waals surface area contributed by atoms with Gasteiger partial charge in [0, 0.05) is 19.3 Å². The van der Waals surface area contributed by atoms with E-state index in [1.807, 2.05) is 18.8 Å². The Morgan fingerprint density at radius 3 is 3.00 bits per heavy atom. The largest absolute Gasteiger partial charge is 0.370 e. The van der Waals surface area contributed by atoms with E-state index in [2.05, 4.69) is 29.1 Å². The molecular formula is C12H17N3S. The lowest BCUT2D eigenvalue weighted by atomic mass is 10.1. The number of pyridine rings is 1. The lowest BCUT2D eigenvalue weighted by Crippen LogP contribution is -2.30. The van der Waals surface area contributed by atoms with E-state index >= 15 is 0 Å². The highest BCUT2D eigenvalue weighted by Crippen LogP contribution is 2.20. The van der Waals surface area contributed by atoms with Crippen LogP contribution in [0.2, 0.25) is 0 Å². The highest BCUT2D eigenvalue weighted by atomic mass is 32.2. The average Bonchev–Trinajstić information content (AvgIpc) is 2.34. The molecule has 16 heavy (non-hydrogen) atoms. The van der Waals surface area contributed by atoms with Gasteiger partial charge in [-0.2, -0.15) is 17.0 Å². The first kappa shape index (κ1) is 12.9. The molecule has 0 saturated heterocycles. The molecule has 1 unspecified atom stereocenters. The summed E-state index contributed by atoms with van der Waals surface area (Å²) in [7, 11) is 2.02. The summed E-state index contributed by atoms with van der Waals surface area (Å²) >= 11 is 1.85. The van der Waals surface area contributed by atoms with Gasteiger partial charge in [0.2, 0.25) is 0 Å². The quantitative estimate of drug-likeness (QED) is 0.786. The lowest BCUT2D eigenvalue weighted by Gasteiger charge is -2.27. The Bertz CT molecular complexity index is 373. The number of hydrogen-bond donors (Lipinski definition) is 0. The smallest absolute Gasteiger partial charge is 0.101 e. The zero-order valence-electron chi connectivity index (χ0n) is 9.97. The summed E-state index contributed by atoms with van der Waals surface area (Å²) in [6, 6.07) is 4.38. The molecule has 0 bridgehead atoms. The molecule has 0 aliphatic carbocycles. The normalized spacial score (nSPS) is 11.9. The van der Waals surface area contributed by atoms with Crippen molar-refractivity contribution in [1.82, 2.24) is 4.98 Å². The van der Waals surface area contributed by atoms with Crippen molar-refractivity contribution in [1.29, 1.82) is 5.26 Å². The van der Waals surface area contributed by atoms with Gasteiger partial charge in [-0.15, -0.1) is 0 Å². The molecule has 0 fully saturated rings. The molecule has 3 nitrogen and oxygen atoms in total. The predicted octanol–water partition coefficient (Wildman–Crippen LogP) is 2.53. The zero-order chi connectivity index (χ0) is 12.0. The minimum atomic E-state index is 0.420. The fraction of sp³-hybridized carbons (Fsp3) is 0.500. The van der Waals surface area contributed by atoms with E-state index < -0.39 is 0 Å². The molecule has 0 N–H and O–H groups in total. The monoisotopic (exact) mass is 235 g/mol. The molecule has 0 aromatic carbocycles. The Kier molecular flexibility index (Phi) is 5.13. The molecule has 1 atom stereocenters. The van der Waals surface area contributed by atoms with Gasteiger partial charge in [-0.05, 0) is 31.4 Å². The highest BCUT2D eigenvalue weighted by Gasteiger charge is 2.13. The molecular weight excluding hydrogens is 218 g/mol. The number of anilines is 1. The standard InChI is InChI=1S/C12H17N3S/c1-10(5-7-16-3)15(2)12-9-14-6-4-11(12)8-13/h4,6,9-10H,5,7H2,1-3H3. The highest BCUT2D eigenvalue weighted by molar-refractivity contribution is 7.98. The average molecular weight is 235 g/mol. The third-order valence-corrected chi connectivity index (χ3v) is 3.35. The molecule has 0 spiro atoms. The molecule has 0 radical (unpaired) electrons. The Morgan fingerprint density at radius 2 is 2.38 bits per heavy atom. The summed E-state index contributed by atoms with van der Waals surface area (Å²) in [6.07, 6.45) is 6.63. The molecule has 4 heteroatoms. The van der Waals surface area contributed by atoms with Gasteiger partial charge in [0.15, 0.2) is 0 Å². The topological polar surface area (TPSA) is 39.9 Å². The Morgan fingerprint density at radius 1 is 1.62 bits per heavy atom. The summed E-state index contributed by atoms with van der Waals surface area (Å²) in [4.78, 5) is 6.21. The minimum Gasteiger partial charge on any atom is -0.370 e. The van der Waals surface area contributed by atoms with Crippen molar-refractivity contribution in [3.63, 3.8) is 0 Å². The van der Waals surface area contributed by atoms with Crippen LogP contribution in [0.15, 0.2) is 18.5 Å². The first-order valence-electron chi connectivity index (χ1n) is 5.26. The van der Waals surface area contributed by atoms with E-state index in [-0.39, 0.29) is 0 Å². The fourth-order valence-electron chi connectivity index (χ4n) is 1.48. The van der Waals surface area contributed by atoms with E-state index in [1.165, 1.54) is 0 Å². The second kappa shape index (κ2) is 6.39. The van der Waals surface area contributed by atoms with Gasteiger partial charge in [0.1, 0.15) is 6.07 Å². The van der Waals surface area contributed by atoms with Crippen molar-refractivity contribution in [2.75, 3.05) is 24.0 Å². The van der Waals surface area contributed by atoms with Gasteiger partial charge in [-0.3, -0.25) is 4.98 Å². The zero-order valence-corrected chi connectivity index (χ0v) is 10.8. The number of nitrogens with zero attached hydrogens (tertiary/aromatic N) is 3. The molecule has 1 aromatic heterocycles. The van der Waals surface area contributed by atoms with Gasteiger partial charge >= 0.3 is 0 Å². The summed E-state index contributed by atoms with van der Waals surface area (Å²) in [5.74, 6) is 1.13. The number of nitriles is 1. The van der Waals surface area contributed by atoms with Gasteiger partial charge < -0.3 is 4.90 Å². The molecule has 0 saturated carbocycles. The van der Waals surface area contributed by atoms with E-state index in [0.717, 1.165) is 17.9 Å². The van der Waals surface area contributed by atoms with Crippen LogP contribution in [0.4, 0.5) is 5.69 Å². The van der Waals surface area contributed by atoms with Crippen molar-refractivity contribution in [2.45, 2.75) is 19.4 Å². The molecule has 1 aromatic rings. The van der Waals surface area contributed by atoms with Crippen LogP contribution in [-0.4, -0.2) is 30.1 Å². The van der Waals surface area contributed by atoms with Crippen molar-refractivity contribution < 1.29 is 0 Å². The van der Waals surface area contributed by atoms with Gasteiger partial charge in [-0.25, -0.2) is 0 Å². The minimum absolute atomic E-state index is 0.420. The first-order chi connectivity index (χ1) is 7.70. The molecule has 0 aliphatic heterocycles. The Hall–Kier alpha value is -1.21. The van der Waals surface area contributed by atoms with Crippen LogP contribution in [0.3, 0.4) is 0 Å². The first-order valence-corrected chi connectivity index (χ1v) is 6.66. The maximum atomic E-state index is 9.02. The van der Waals surface area contributed by atoms with Crippen LogP contribution in [-0.2, 0) is 0 Å². The second-order valence-corrected chi connectivity index (χ2v) is 4.73. The molecule has 86 valence electrons. The predicted molar refractivity (Wildman–Crippen MR) is 69.8 cm³/mol. The van der Waals surface area contributed by atoms with Gasteiger partial charge in [-0.1, -0.05) is 0 Å². The fourth-order valence-corrected chi connectivity index (χ4v) is 2.06. The van der Waals surface area contributed by atoms with Crippen LogP contribution in [0, 0.1) is 11.3 Å². The Labute approximate surface area is 101 Å². The van der Waals surface area contributed by atoms with Crippen molar-refractivity contribution in [2.24, 2.45) is 0 Å². The van der Waals surface area contributed by atoms with E-state index in [9.17, 15) is 0 Å². The molecule has 1 rings (SSSR count). The summed E-state index contributed by atoms with van der Waals surface area (Å²) < 4.78 is 0. The molecule has 0 aliphatic rings. The number of thioether (sulfide) groups is 1. The van der Waals surface area contributed by atoms with E-state index in [1.54, 1.807) is 18.5 Å². The second-order valence-electron chi connectivity index (χ2n) is 3.75. The van der Waals surface area contributed by atoms with E-state index in [0.29, 0.717) is 11.6 Å². The van der Waals surface area contributed by atoms with Gasteiger partial charge in [0.25, 0.3) is 0 Å². The van der Waals surface area contributed by atoms with Crippen molar-refractivity contribution >= 4 is 17.4 Å². The van der Waals surface area contributed by atoms with Crippen molar-refractivity contribution in [3.05, 3.63) is 24.0 Å². The SMILES string of the molecule is CSCCC(C)N(C)c1cnccc1C#N. The summed E-state index contributed by atoms with van der Waals surface area (Å²) in [5.41, 5.74) is 1.60. The summed E-state index contributed by atoms with van der Waals surface area (Å²) in [5, 5.41) is 9.02.